The second-order valence-electron chi connectivity index (χ2n) is 4.06. The van der Waals surface area contributed by atoms with Crippen molar-refractivity contribution in [3.8, 4) is 5.69 Å². The van der Waals surface area contributed by atoms with Crippen molar-refractivity contribution in [2.45, 2.75) is 20.4 Å². The van der Waals surface area contributed by atoms with E-state index in [1.54, 1.807) is 0 Å². The first-order chi connectivity index (χ1) is 8.15. The molecule has 2 aromatic rings. The minimum atomic E-state index is 0.748. The highest BCUT2D eigenvalue weighted by molar-refractivity contribution is 6.32. The molecule has 3 nitrogen and oxygen atoms in total. The number of para-hydroxylation sites is 1. The lowest BCUT2D eigenvalue weighted by atomic mass is 10.1. The van der Waals surface area contributed by atoms with Crippen molar-refractivity contribution in [3.05, 3.63) is 46.5 Å². The third-order valence-electron chi connectivity index (χ3n) is 2.93. The molecule has 0 unspecified atom stereocenters. The van der Waals surface area contributed by atoms with Gasteiger partial charge in [-0.15, -0.1) is 0 Å². The lowest BCUT2D eigenvalue weighted by molar-refractivity contribution is 0.805. The van der Waals surface area contributed by atoms with E-state index in [9.17, 15) is 0 Å². The van der Waals surface area contributed by atoms with Crippen LogP contribution in [0.25, 0.3) is 5.69 Å². The summed E-state index contributed by atoms with van der Waals surface area (Å²) < 4.78 is 2.05. The second-order valence-corrected chi connectivity index (χ2v) is 4.47. The first-order valence-electron chi connectivity index (χ1n) is 5.58. The van der Waals surface area contributed by atoms with Crippen LogP contribution in [0.3, 0.4) is 0 Å². The van der Waals surface area contributed by atoms with Gasteiger partial charge in [-0.2, -0.15) is 0 Å². The van der Waals surface area contributed by atoms with Gasteiger partial charge in [0.2, 0.25) is 0 Å². The number of hydrogen-bond donors (Lipinski definition) is 1. The molecule has 4 heteroatoms. The molecule has 0 bridgehead atoms. The maximum absolute atomic E-state index is 6.30. The molecule has 1 N–H and O–H groups in total. The number of imidazole rings is 1. The fourth-order valence-electron chi connectivity index (χ4n) is 1.89. The summed E-state index contributed by atoms with van der Waals surface area (Å²) in [6.45, 7) is 4.84. The van der Waals surface area contributed by atoms with Gasteiger partial charge in [-0.25, -0.2) is 4.98 Å². The summed E-state index contributed by atoms with van der Waals surface area (Å²) in [6, 6.07) is 5.95. The van der Waals surface area contributed by atoms with Crippen LogP contribution in [0.4, 0.5) is 0 Å². The lowest BCUT2D eigenvalue weighted by Gasteiger charge is -2.13. The number of hydrogen-bond acceptors (Lipinski definition) is 2. The monoisotopic (exact) mass is 249 g/mol. The molecule has 1 aromatic carbocycles. The van der Waals surface area contributed by atoms with Crippen LogP contribution >= 0.6 is 11.6 Å². The van der Waals surface area contributed by atoms with Gasteiger partial charge in [0.15, 0.2) is 0 Å². The average molecular weight is 250 g/mol. The summed E-state index contributed by atoms with van der Waals surface area (Å²) in [4.78, 5) is 4.32. The molecule has 0 saturated carbocycles. The molecule has 1 aromatic heterocycles. The Bertz CT molecular complexity index is 531. The van der Waals surface area contributed by atoms with E-state index in [4.69, 9.17) is 11.6 Å². The molecule has 1 heterocycles. The number of nitrogens with one attached hydrogen (secondary N) is 1. The van der Waals surface area contributed by atoms with Crippen LogP contribution in [0.2, 0.25) is 5.02 Å². The van der Waals surface area contributed by atoms with Crippen LogP contribution in [0.1, 0.15) is 17.0 Å². The molecule has 17 heavy (non-hydrogen) atoms. The van der Waals surface area contributed by atoms with E-state index < -0.39 is 0 Å². The maximum Gasteiger partial charge on any atom is 0.0998 e. The van der Waals surface area contributed by atoms with Gasteiger partial charge in [0, 0.05) is 12.2 Å². The van der Waals surface area contributed by atoms with Gasteiger partial charge >= 0.3 is 0 Å². The van der Waals surface area contributed by atoms with Crippen molar-refractivity contribution in [3.63, 3.8) is 0 Å². The van der Waals surface area contributed by atoms with E-state index in [1.807, 2.05) is 37.0 Å². The molecule has 2 rings (SSSR count). The Morgan fingerprint density at radius 3 is 2.71 bits per heavy atom. The first-order valence-corrected chi connectivity index (χ1v) is 5.96. The van der Waals surface area contributed by atoms with E-state index in [0.29, 0.717) is 0 Å². The third-order valence-corrected chi connectivity index (χ3v) is 3.24. The van der Waals surface area contributed by atoms with Gasteiger partial charge in [0.1, 0.15) is 0 Å². The number of nitrogens with zero attached hydrogens (tertiary/aromatic N) is 2. The highest BCUT2D eigenvalue weighted by Crippen LogP contribution is 2.26. The van der Waals surface area contributed by atoms with Gasteiger partial charge in [0.25, 0.3) is 0 Å². The predicted molar refractivity (Wildman–Crippen MR) is 70.8 cm³/mol. The summed E-state index contributed by atoms with van der Waals surface area (Å²) in [5.41, 5.74) is 4.33. The fraction of sp³-hybridized carbons (Fsp3) is 0.308. The molecule has 0 aliphatic rings. The van der Waals surface area contributed by atoms with E-state index in [-0.39, 0.29) is 0 Å². The SMILES string of the molecule is CNCc1cccc(Cl)c1-n1cnc(C)c1C. The second kappa shape index (κ2) is 4.90. The number of aromatic nitrogens is 2. The Kier molecular flexibility index (Phi) is 3.50. The third kappa shape index (κ3) is 2.21. The smallest absolute Gasteiger partial charge is 0.0998 e. The highest BCUT2D eigenvalue weighted by Gasteiger charge is 2.11. The zero-order chi connectivity index (χ0) is 12.4. The molecule has 0 fully saturated rings. The lowest BCUT2D eigenvalue weighted by Crippen LogP contribution is -2.10. The van der Waals surface area contributed by atoms with Crippen LogP contribution in [0.5, 0.6) is 0 Å². The largest absolute Gasteiger partial charge is 0.316 e. The zero-order valence-corrected chi connectivity index (χ0v) is 11.0. The van der Waals surface area contributed by atoms with Crippen molar-refractivity contribution >= 4 is 11.6 Å². The Balaban J connectivity index is 2.61. The Hall–Kier alpha value is -1.32. The molecule has 0 aliphatic heterocycles. The van der Waals surface area contributed by atoms with Crippen molar-refractivity contribution in [1.29, 1.82) is 0 Å². The molecule has 0 amide bonds. The number of rotatable bonds is 3. The van der Waals surface area contributed by atoms with Crippen molar-refractivity contribution in [2.24, 2.45) is 0 Å². The zero-order valence-electron chi connectivity index (χ0n) is 10.3. The number of benzene rings is 1. The Labute approximate surface area is 106 Å². The van der Waals surface area contributed by atoms with E-state index in [1.165, 1.54) is 5.56 Å². The van der Waals surface area contributed by atoms with Crippen molar-refractivity contribution in [1.82, 2.24) is 14.9 Å². The van der Waals surface area contributed by atoms with E-state index in [2.05, 4.69) is 23.3 Å². The van der Waals surface area contributed by atoms with Gasteiger partial charge < -0.3 is 9.88 Å². The van der Waals surface area contributed by atoms with Crippen LogP contribution in [-0.2, 0) is 6.54 Å². The molecule has 0 atom stereocenters. The summed E-state index contributed by atoms with van der Waals surface area (Å²) in [7, 11) is 1.93. The van der Waals surface area contributed by atoms with Gasteiger partial charge in [-0.05, 0) is 32.5 Å². The number of halogens is 1. The van der Waals surface area contributed by atoms with E-state index >= 15 is 0 Å². The highest BCUT2D eigenvalue weighted by atomic mass is 35.5. The Morgan fingerprint density at radius 2 is 2.12 bits per heavy atom. The van der Waals surface area contributed by atoms with Crippen LogP contribution in [0, 0.1) is 13.8 Å². The summed E-state index contributed by atoms with van der Waals surface area (Å²) in [5.74, 6) is 0. The van der Waals surface area contributed by atoms with Crippen LogP contribution < -0.4 is 5.32 Å². The van der Waals surface area contributed by atoms with Gasteiger partial charge in [0.05, 0.1) is 22.7 Å². The van der Waals surface area contributed by atoms with E-state index in [0.717, 1.165) is 28.6 Å². The molecule has 90 valence electrons. The number of aryl methyl sites for hydroxylation is 1. The van der Waals surface area contributed by atoms with Gasteiger partial charge in [-0.3, -0.25) is 0 Å². The Morgan fingerprint density at radius 1 is 1.35 bits per heavy atom. The maximum atomic E-state index is 6.30. The minimum absolute atomic E-state index is 0.748. The quantitative estimate of drug-likeness (QED) is 0.907. The summed E-state index contributed by atoms with van der Waals surface area (Å²) >= 11 is 6.30. The molecule has 0 radical (unpaired) electrons. The fourth-order valence-corrected chi connectivity index (χ4v) is 2.17. The average Bonchev–Trinajstić information content (AvgIpc) is 2.61. The topological polar surface area (TPSA) is 29.9 Å². The molecular formula is C13H16ClN3. The molecule has 0 spiro atoms. The molecule has 0 aliphatic carbocycles. The molecular weight excluding hydrogens is 234 g/mol. The van der Waals surface area contributed by atoms with Gasteiger partial charge in [-0.1, -0.05) is 23.7 Å². The summed E-state index contributed by atoms with van der Waals surface area (Å²) in [5, 5.41) is 3.90. The summed E-state index contributed by atoms with van der Waals surface area (Å²) in [6.07, 6.45) is 1.82. The minimum Gasteiger partial charge on any atom is -0.316 e. The van der Waals surface area contributed by atoms with Crippen LogP contribution in [0.15, 0.2) is 24.5 Å². The molecule has 0 saturated heterocycles. The van der Waals surface area contributed by atoms with Crippen LogP contribution in [-0.4, -0.2) is 16.6 Å². The van der Waals surface area contributed by atoms with Crippen molar-refractivity contribution < 1.29 is 0 Å². The standard InChI is InChI=1S/C13H16ClN3/c1-9-10(2)17(8-16-9)13-11(7-15-3)5-4-6-12(13)14/h4-6,8,15H,7H2,1-3H3. The predicted octanol–water partition coefficient (Wildman–Crippen LogP) is 2.86. The first kappa shape index (κ1) is 12.1. The van der Waals surface area contributed by atoms with Crippen molar-refractivity contribution in [2.75, 3.05) is 7.05 Å². The normalized spacial score (nSPS) is 10.8.